The first-order valence-electron chi connectivity index (χ1n) is 5.90. The van der Waals surface area contributed by atoms with E-state index in [1.54, 1.807) is 0 Å². The zero-order valence-electron chi connectivity index (χ0n) is 10.8. The van der Waals surface area contributed by atoms with Crippen molar-refractivity contribution < 1.29 is 17.2 Å². The van der Waals surface area contributed by atoms with Crippen molar-refractivity contribution in [3.63, 3.8) is 0 Å². The number of aromatic nitrogens is 2. The van der Waals surface area contributed by atoms with Crippen LogP contribution in [0.1, 0.15) is 5.56 Å². The molecule has 0 N–H and O–H groups in total. The largest absolute Gasteiger partial charge is 0.442 e. The molecule has 0 bridgehead atoms. The fourth-order valence-corrected chi connectivity index (χ4v) is 3.35. The summed E-state index contributed by atoms with van der Waals surface area (Å²) in [4.78, 5) is 11.6. The predicted octanol–water partition coefficient (Wildman–Crippen LogP) is 1.67. The van der Waals surface area contributed by atoms with Gasteiger partial charge < -0.3 is 4.42 Å². The second kappa shape index (κ2) is 4.52. The van der Waals surface area contributed by atoms with Gasteiger partial charge in [-0.15, -0.1) is 4.09 Å². The average molecular weight is 308 g/mol. The molecule has 0 unspecified atom stereocenters. The van der Waals surface area contributed by atoms with Crippen molar-refractivity contribution in [3.8, 4) is 0 Å². The number of nitrogens with zero attached hydrogens (tertiary/aromatic N) is 2. The van der Waals surface area contributed by atoms with Gasteiger partial charge in [0, 0.05) is 23.2 Å². The molecule has 0 atom stereocenters. The van der Waals surface area contributed by atoms with E-state index in [2.05, 4.69) is 5.10 Å². The molecule has 3 aromatic rings. The van der Waals surface area contributed by atoms with Crippen LogP contribution < -0.4 is 5.56 Å². The lowest BCUT2D eigenvalue weighted by Gasteiger charge is -2.03. The molecule has 8 heteroatoms. The van der Waals surface area contributed by atoms with Crippen molar-refractivity contribution in [1.29, 1.82) is 0 Å². The Balaban J connectivity index is 2.32. The highest BCUT2D eigenvalue weighted by Crippen LogP contribution is 2.29. The molecule has 0 radical (unpaired) electrons. The zero-order chi connectivity index (χ0) is 15.2. The minimum atomic E-state index is -4.27. The van der Waals surface area contributed by atoms with E-state index < -0.39 is 26.5 Å². The number of benzene rings is 1. The van der Waals surface area contributed by atoms with Gasteiger partial charge in [-0.05, 0) is 31.2 Å². The van der Waals surface area contributed by atoms with Crippen molar-refractivity contribution in [3.05, 3.63) is 58.3 Å². The number of aryl methyl sites for hydroxylation is 1. The Bertz CT molecular complexity index is 1000. The third-order valence-corrected chi connectivity index (χ3v) is 4.59. The average Bonchev–Trinajstić information content (AvgIpc) is 2.77. The highest BCUT2D eigenvalue weighted by Gasteiger charge is 2.27. The summed E-state index contributed by atoms with van der Waals surface area (Å²) in [7, 11) is -4.27. The highest BCUT2D eigenvalue weighted by molar-refractivity contribution is 7.89. The Hall–Kier alpha value is -2.48. The number of hydrogen-bond acceptors (Lipinski definition) is 5. The van der Waals surface area contributed by atoms with Crippen LogP contribution in [0.15, 0.2) is 50.8 Å². The van der Waals surface area contributed by atoms with Gasteiger partial charge in [0.15, 0.2) is 0 Å². The standard InChI is InChI=1S/C13H9FN2O4S/c1-8-10-7-9(14)4-5-11(10)20-13(8)21(18,19)16-12(17)3-2-6-15-16/h2-7H,1H3. The summed E-state index contributed by atoms with van der Waals surface area (Å²) >= 11 is 0. The summed E-state index contributed by atoms with van der Waals surface area (Å²) in [5.74, 6) is -0.509. The smallest absolute Gasteiger partial charge is 0.320 e. The van der Waals surface area contributed by atoms with Crippen LogP contribution in [0.2, 0.25) is 0 Å². The topological polar surface area (TPSA) is 82.2 Å². The Labute approximate surface area is 118 Å². The Kier molecular flexibility index (Phi) is 2.91. The predicted molar refractivity (Wildman–Crippen MR) is 72.0 cm³/mol. The van der Waals surface area contributed by atoms with Crippen LogP contribution in [0.5, 0.6) is 0 Å². The maximum atomic E-state index is 13.3. The van der Waals surface area contributed by atoms with Gasteiger partial charge >= 0.3 is 10.0 Å². The van der Waals surface area contributed by atoms with Crippen molar-refractivity contribution in [1.82, 2.24) is 9.19 Å². The number of rotatable bonds is 2. The molecule has 0 saturated carbocycles. The van der Waals surface area contributed by atoms with E-state index >= 15 is 0 Å². The molecule has 108 valence electrons. The number of furan rings is 1. The van der Waals surface area contributed by atoms with Gasteiger partial charge in [-0.3, -0.25) is 4.79 Å². The fraction of sp³-hybridized carbons (Fsp3) is 0.0769. The minimum absolute atomic E-state index is 0.219. The van der Waals surface area contributed by atoms with Gasteiger partial charge in [0.1, 0.15) is 11.4 Å². The van der Waals surface area contributed by atoms with E-state index in [-0.39, 0.29) is 11.1 Å². The quantitative estimate of drug-likeness (QED) is 0.719. The van der Waals surface area contributed by atoms with Crippen LogP contribution in [0.4, 0.5) is 4.39 Å². The maximum Gasteiger partial charge on any atom is 0.320 e. The van der Waals surface area contributed by atoms with E-state index in [1.807, 2.05) is 0 Å². The molecule has 0 amide bonds. The molecule has 0 aliphatic heterocycles. The summed E-state index contributed by atoms with van der Waals surface area (Å²) in [6.45, 7) is 1.48. The number of hydrogen-bond donors (Lipinski definition) is 0. The monoisotopic (exact) mass is 308 g/mol. The summed E-state index contributed by atoms with van der Waals surface area (Å²) in [5.41, 5.74) is -0.359. The SMILES string of the molecule is Cc1c(S(=O)(=O)n2ncccc2=O)oc2ccc(F)cc12. The summed E-state index contributed by atoms with van der Waals surface area (Å²) in [6, 6.07) is 6.07. The van der Waals surface area contributed by atoms with Gasteiger partial charge in [0.2, 0.25) is 5.09 Å². The molecule has 2 aromatic heterocycles. The van der Waals surface area contributed by atoms with Crippen molar-refractivity contribution in [2.75, 3.05) is 0 Å². The van der Waals surface area contributed by atoms with Crippen molar-refractivity contribution in [2.24, 2.45) is 0 Å². The van der Waals surface area contributed by atoms with E-state index in [0.717, 1.165) is 12.1 Å². The van der Waals surface area contributed by atoms with Gasteiger partial charge in [-0.2, -0.15) is 13.5 Å². The molecular weight excluding hydrogens is 299 g/mol. The fourth-order valence-electron chi connectivity index (χ4n) is 2.02. The van der Waals surface area contributed by atoms with Crippen LogP contribution >= 0.6 is 0 Å². The van der Waals surface area contributed by atoms with E-state index in [0.29, 0.717) is 9.47 Å². The maximum absolute atomic E-state index is 13.3. The molecule has 3 rings (SSSR count). The molecule has 2 heterocycles. The Morgan fingerprint density at radius 2 is 2.05 bits per heavy atom. The minimum Gasteiger partial charge on any atom is -0.442 e. The van der Waals surface area contributed by atoms with Gasteiger partial charge in [0.05, 0.1) is 0 Å². The molecule has 1 aromatic carbocycles. The van der Waals surface area contributed by atoms with E-state index in [9.17, 15) is 17.6 Å². The number of halogens is 1. The van der Waals surface area contributed by atoms with Crippen LogP contribution in [-0.2, 0) is 10.0 Å². The Morgan fingerprint density at radius 3 is 2.76 bits per heavy atom. The highest BCUT2D eigenvalue weighted by atomic mass is 32.2. The lowest BCUT2D eigenvalue weighted by Crippen LogP contribution is -2.28. The van der Waals surface area contributed by atoms with Gasteiger partial charge in [0.25, 0.3) is 5.56 Å². The zero-order valence-corrected chi connectivity index (χ0v) is 11.6. The second-order valence-electron chi connectivity index (χ2n) is 4.36. The second-order valence-corrected chi connectivity index (χ2v) is 6.03. The molecule has 0 spiro atoms. The molecule has 0 saturated heterocycles. The molecular formula is C13H9FN2O4S. The molecule has 0 aliphatic rings. The molecule has 21 heavy (non-hydrogen) atoms. The van der Waals surface area contributed by atoms with Gasteiger partial charge in [-0.25, -0.2) is 4.39 Å². The van der Waals surface area contributed by atoms with Crippen LogP contribution in [0, 0.1) is 12.7 Å². The third kappa shape index (κ3) is 2.04. The van der Waals surface area contributed by atoms with Crippen molar-refractivity contribution in [2.45, 2.75) is 12.0 Å². The Morgan fingerprint density at radius 1 is 1.29 bits per heavy atom. The number of fused-ring (bicyclic) bond motifs is 1. The van der Waals surface area contributed by atoms with Crippen molar-refractivity contribution >= 4 is 21.0 Å². The van der Waals surface area contributed by atoms with Gasteiger partial charge in [-0.1, -0.05) is 0 Å². The molecule has 0 aliphatic carbocycles. The summed E-state index contributed by atoms with van der Waals surface area (Å²) in [6.07, 6.45) is 1.18. The van der Waals surface area contributed by atoms with Crippen LogP contribution in [0.25, 0.3) is 11.0 Å². The summed E-state index contributed by atoms with van der Waals surface area (Å²) < 4.78 is 43.8. The molecule has 0 fully saturated rings. The lowest BCUT2D eigenvalue weighted by atomic mass is 10.2. The van der Waals surface area contributed by atoms with E-state index in [1.165, 1.54) is 31.3 Å². The first-order valence-corrected chi connectivity index (χ1v) is 7.34. The third-order valence-electron chi connectivity index (χ3n) is 3.00. The first-order chi connectivity index (χ1) is 9.91. The van der Waals surface area contributed by atoms with E-state index in [4.69, 9.17) is 4.42 Å². The van der Waals surface area contributed by atoms with Crippen LogP contribution in [-0.4, -0.2) is 17.6 Å². The van der Waals surface area contributed by atoms with Crippen LogP contribution in [0.3, 0.4) is 0 Å². The lowest BCUT2D eigenvalue weighted by molar-refractivity contribution is 0.469. The molecule has 6 nitrogen and oxygen atoms in total. The normalized spacial score (nSPS) is 11.9. The first kappa shape index (κ1) is 13.5. The summed E-state index contributed by atoms with van der Waals surface area (Å²) in [5, 5.41) is 3.44.